The third-order valence-corrected chi connectivity index (χ3v) is 5.05. The van der Waals surface area contributed by atoms with Crippen molar-refractivity contribution < 1.29 is 22.0 Å². The van der Waals surface area contributed by atoms with Crippen LogP contribution in [0.1, 0.15) is 24.2 Å². The predicted octanol–water partition coefficient (Wildman–Crippen LogP) is 3.56. The molecule has 5 nitrogen and oxygen atoms in total. The SMILES string of the molecule is CC(C)NS(=O)(=O)c1ccc(Cl)c(C(=O)Nc2ccc(F)cc2F)c1. The average molecular weight is 389 g/mol. The van der Waals surface area contributed by atoms with Gasteiger partial charge in [0, 0.05) is 12.1 Å². The maximum atomic E-state index is 13.6. The largest absolute Gasteiger partial charge is 0.319 e. The molecule has 0 heterocycles. The Morgan fingerprint density at radius 3 is 2.40 bits per heavy atom. The molecule has 0 aliphatic carbocycles. The number of carbonyl (C=O) groups excluding carboxylic acids is 1. The Balaban J connectivity index is 2.35. The maximum absolute atomic E-state index is 13.6. The van der Waals surface area contributed by atoms with E-state index in [4.69, 9.17) is 11.6 Å². The van der Waals surface area contributed by atoms with Crippen LogP contribution < -0.4 is 10.0 Å². The van der Waals surface area contributed by atoms with E-state index in [1.54, 1.807) is 13.8 Å². The molecule has 0 aromatic heterocycles. The van der Waals surface area contributed by atoms with Gasteiger partial charge in [-0.3, -0.25) is 4.79 Å². The molecule has 2 rings (SSSR count). The van der Waals surface area contributed by atoms with Crippen molar-refractivity contribution in [3.63, 3.8) is 0 Å². The van der Waals surface area contributed by atoms with E-state index in [0.29, 0.717) is 6.07 Å². The summed E-state index contributed by atoms with van der Waals surface area (Å²) < 4.78 is 53.3. The standard InChI is InChI=1S/C16H15ClF2N2O3S/c1-9(2)21-25(23,24)11-4-5-13(17)12(8-11)16(22)20-15-6-3-10(18)7-14(15)19/h3-9,21H,1-2H3,(H,20,22). The fourth-order valence-electron chi connectivity index (χ4n) is 2.00. The fourth-order valence-corrected chi connectivity index (χ4v) is 3.48. The van der Waals surface area contributed by atoms with E-state index >= 15 is 0 Å². The highest BCUT2D eigenvalue weighted by molar-refractivity contribution is 7.89. The zero-order valence-corrected chi connectivity index (χ0v) is 14.9. The number of anilines is 1. The summed E-state index contributed by atoms with van der Waals surface area (Å²) in [6, 6.07) is 5.90. The quantitative estimate of drug-likeness (QED) is 0.822. The minimum absolute atomic E-state index is 0.0106. The molecular formula is C16H15ClF2N2O3S. The first-order valence-electron chi connectivity index (χ1n) is 7.18. The summed E-state index contributed by atoms with van der Waals surface area (Å²) in [4.78, 5) is 12.1. The minimum atomic E-state index is -3.83. The molecule has 134 valence electrons. The number of rotatable bonds is 5. The van der Waals surface area contributed by atoms with Crippen LogP contribution in [0.5, 0.6) is 0 Å². The number of sulfonamides is 1. The molecule has 0 saturated carbocycles. The van der Waals surface area contributed by atoms with Gasteiger partial charge in [-0.05, 0) is 44.2 Å². The number of nitrogens with one attached hydrogen (secondary N) is 2. The van der Waals surface area contributed by atoms with Crippen molar-refractivity contribution in [1.29, 1.82) is 0 Å². The maximum Gasteiger partial charge on any atom is 0.257 e. The van der Waals surface area contributed by atoms with E-state index in [-0.39, 0.29) is 27.2 Å². The first-order valence-corrected chi connectivity index (χ1v) is 9.04. The van der Waals surface area contributed by atoms with Crippen LogP contribution in [0.3, 0.4) is 0 Å². The van der Waals surface area contributed by atoms with Crippen molar-refractivity contribution in [2.75, 3.05) is 5.32 Å². The topological polar surface area (TPSA) is 75.3 Å². The molecule has 2 N–H and O–H groups in total. The van der Waals surface area contributed by atoms with Gasteiger partial charge >= 0.3 is 0 Å². The summed E-state index contributed by atoms with van der Waals surface area (Å²) in [5.74, 6) is -2.58. The van der Waals surface area contributed by atoms with E-state index in [1.807, 2.05) is 0 Å². The van der Waals surface area contributed by atoms with Crippen LogP contribution in [-0.4, -0.2) is 20.4 Å². The second kappa shape index (κ2) is 7.47. The summed E-state index contributed by atoms with van der Waals surface area (Å²) in [7, 11) is -3.83. The lowest BCUT2D eigenvalue weighted by Crippen LogP contribution is -2.30. The van der Waals surface area contributed by atoms with E-state index in [2.05, 4.69) is 10.0 Å². The Kier molecular flexibility index (Phi) is 5.76. The summed E-state index contributed by atoms with van der Waals surface area (Å²) in [5.41, 5.74) is -0.409. The molecule has 0 atom stereocenters. The monoisotopic (exact) mass is 388 g/mol. The molecule has 2 aromatic rings. The van der Waals surface area contributed by atoms with E-state index in [9.17, 15) is 22.0 Å². The molecule has 0 saturated heterocycles. The Labute approximate surface area is 149 Å². The van der Waals surface area contributed by atoms with Crippen LogP contribution in [-0.2, 0) is 10.0 Å². The first kappa shape index (κ1) is 19.3. The predicted molar refractivity (Wildman–Crippen MR) is 91.2 cm³/mol. The van der Waals surface area contributed by atoms with Crippen LogP contribution in [0.15, 0.2) is 41.3 Å². The lowest BCUT2D eigenvalue weighted by atomic mass is 10.2. The van der Waals surface area contributed by atoms with Crippen LogP contribution >= 0.6 is 11.6 Å². The number of carbonyl (C=O) groups is 1. The highest BCUT2D eigenvalue weighted by Crippen LogP contribution is 2.23. The third kappa shape index (κ3) is 4.75. The highest BCUT2D eigenvalue weighted by atomic mass is 35.5. The van der Waals surface area contributed by atoms with Crippen LogP contribution in [0.25, 0.3) is 0 Å². The molecular weight excluding hydrogens is 374 g/mol. The Morgan fingerprint density at radius 2 is 1.80 bits per heavy atom. The van der Waals surface area contributed by atoms with E-state index in [1.165, 1.54) is 12.1 Å². The molecule has 0 aliphatic rings. The van der Waals surface area contributed by atoms with E-state index in [0.717, 1.165) is 18.2 Å². The Morgan fingerprint density at radius 1 is 1.12 bits per heavy atom. The molecule has 25 heavy (non-hydrogen) atoms. The summed E-state index contributed by atoms with van der Waals surface area (Å²) in [6.07, 6.45) is 0. The summed E-state index contributed by atoms with van der Waals surface area (Å²) in [5, 5.41) is 2.22. The van der Waals surface area contributed by atoms with Crippen LogP contribution in [0, 0.1) is 11.6 Å². The molecule has 9 heteroatoms. The number of benzene rings is 2. The normalized spacial score (nSPS) is 11.6. The van der Waals surface area contributed by atoms with Gasteiger partial charge in [0.1, 0.15) is 11.6 Å². The van der Waals surface area contributed by atoms with Gasteiger partial charge in [-0.2, -0.15) is 0 Å². The lowest BCUT2D eigenvalue weighted by molar-refractivity contribution is 0.102. The molecule has 1 amide bonds. The van der Waals surface area contributed by atoms with Gasteiger partial charge in [-0.25, -0.2) is 21.9 Å². The number of hydrogen-bond donors (Lipinski definition) is 2. The van der Waals surface area contributed by atoms with Crippen LogP contribution in [0.4, 0.5) is 14.5 Å². The number of halogens is 3. The van der Waals surface area contributed by atoms with Gasteiger partial charge in [-0.1, -0.05) is 11.6 Å². The number of amides is 1. The number of hydrogen-bond acceptors (Lipinski definition) is 3. The average Bonchev–Trinajstić information content (AvgIpc) is 2.49. The van der Waals surface area contributed by atoms with Crippen molar-refractivity contribution in [3.8, 4) is 0 Å². The van der Waals surface area contributed by atoms with Gasteiger partial charge in [0.15, 0.2) is 0 Å². The second-order valence-corrected chi connectivity index (χ2v) is 7.62. The molecule has 2 aromatic carbocycles. The van der Waals surface area contributed by atoms with Crippen molar-refractivity contribution in [2.24, 2.45) is 0 Å². The van der Waals surface area contributed by atoms with Gasteiger partial charge in [-0.15, -0.1) is 0 Å². The van der Waals surface area contributed by atoms with Gasteiger partial charge < -0.3 is 5.32 Å². The van der Waals surface area contributed by atoms with E-state index < -0.39 is 27.6 Å². The Hall–Kier alpha value is -2.03. The smallest absolute Gasteiger partial charge is 0.257 e. The van der Waals surface area contributed by atoms with Gasteiger partial charge in [0.2, 0.25) is 10.0 Å². The molecule has 0 radical (unpaired) electrons. The van der Waals surface area contributed by atoms with Crippen molar-refractivity contribution >= 4 is 33.2 Å². The molecule has 0 fully saturated rings. The molecule has 0 unspecified atom stereocenters. The summed E-state index contributed by atoms with van der Waals surface area (Å²) in [6.45, 7) is 3.30. The molecule has 0 bridgehead atoms. The minimum Gasteiger partial charge on any atom is -0.319 e. The van der Waals surface area contributed by atoms with Crippen molar-refractivity contribution in [2.45, 2.75) is 24.8 Å². The summed E-state index contributed by atoms with van der Waals surface area (Å²) >= 11 is 5.95. The third-order valence-electron chi connectivity index (χ3n) is 3.06. The first-order chi connectivity index (χ1) is 11.6. The second-order valence-electron chi connectivity index (χ2n) is 5.50. The van der Waals surface area contributed by atoms with Gasteiger partial charge in [0.05, 0.1) is 21.2 Å². The zero-order chi connectivity index (χ0) is 18.8. The highest BCUT2D eigenvalue weighted by Gasteiger charge is 2.20. The molecule has 0 spiro atoms. The lowest BCUT2D eigenvalue weighted by Gasteiger charge is -2.12. The van der Waals surface area contributed by atoms with Crippen molar-refractivity contribution in [3.05, 3.63) is 58.6 Å². The fraction of sp³-hybridized carbons (Fsp3) is 0.188. The zero-order valence-electron chi connectivity index (χ0n) is 13.3. The Bertz CT molecular complexity index is 918. The van der Waals surface area contributed by atoms with Crippen LogP contribution in [0.2, 0.25) is 5.02 Å². The molecule has 0 aliphatic heterocycles. The van der Waals surface area contributed by atoms with Gasteiger partial charge in [0.25, 0.3) is 5.91 Å². The van der Waals surface area contributed by atoms with Crippen molar-refractivity contribution in [1.82, 2.24) is 4.72 Å².